The third-order valence-corrected chi connectivity index (χ3v) is 4.42. The molecule has 140 valence electrons. The number of hydrogen-bond acceptors (Lipinski definition) is 4. The fraction of sp³-hybridized carbons (Fsp3) is 0. The first-order valence-electron chi connectivity index (χ1n) is 9.12. The van der Waals surface area contributed by atoms with E-state index in [1.165, 1.54) is 17.0 Å². The lowest BCUT2D eigenvalue weighted by molar-refractivity contribution is 0.102. The maximum Gasteiger partial charge on any atom is 0.213 e. The fourth-order valence-electron chi connectivity index (χ4n) is 2.96. The third-order valence-electron chi connectivity index (χ3n) is 4.42. The van der Waals surface area contributed by atoms with Gasteiger partial charge < -0.3 is 0 Å². The van der Waals surface area contributed by atoms with Crippen molar-refractivity contribution in [2.45, 2.75) is 0 Å². The zero-order valence-corrected chi connectivity index (χ0v) is 15.5. The van der Waals surface area contributed by atoms with Crippen molar-refractivity contribution >= 4 is 17.8 Å². The van der Waals surface area contributed by atoms with Gasteiger partial charge in [0.15, 0.2) is 5.78 Å². The lowest BCUT2D eigenvalue weighted by Gasteiger charge is -2.05. The zero-order valence-electron chi connectivity index (χ0n) is 15.5. The molecule has 5 heteroatoms. The van der Waals surface area contributed by atoms with E-state index < -0.39 is 0 Å². The predicted octanol–water partition coefficient (Wildman–Crippen LogP) is 4.53. The predicted molar refractivity (Wildman–Crippen MR) is 111 cm³/mol. The van der Waals surface area contributed by atoms with Gasteiger partial charge in [-0.2, -0.15) is 0 Å². The van der Waals surface area contributed by atoms with Crippen LogP contribution in [0.1, 0.15) is 26.4 Å². The van der Waals surface area contributed by atoms with Crippen LogP contribution in [-0.2, 0) is 0 Å². The number of rotatable bonds is 6. The first-order valence-corrected chi connectivity index (χ1v) is 9.12. The Bertz CT molecular complexity index is 1160. The molecule has 4 aromatic rings. The summed E-state index contributed by atoms with van der Waals surface area (Å²) < 4.78 is 1.36. The standard InChI is InChI=1S/C24H17N3O2/c28-21(18-10-4-1-5-11-18)16-17-27-23(24(29)20-14-8-3-9-15-20)22(25-26-27)19-12-6-2-7-13-19/h1-17H/b17-16+. The van der Waals surface area contributed by atoms with Gasteiger partial charge in [-0.25, -0.2) is 4.68 Å². The van der Waals surface area contributed by atoms with Crippen LogP contribution in [0.5, 0.6) is 0 Å². The Balaban J connectivity index is 1.76. The molecule has 0 saturated heterocycles. The Morgan fingerprint density at radius 1 is 0.724 bits per heavy atom. The summed E-state index contributed by atoms with van der Waals surface area (Å²) in [4.78, 5) is 25.6. The minimum atomic E-state index is -0.216. The molecule has 0 amide bonds. The van der Waals surface area contributed by atoms with E-state index >= 15 is 0 Å². The van der Waals surface area contributed by atoms with Gasteiger partial charge in [-0.1, -0.05) is 96.2 Å². The molecule has 29 heavy (non-hydrogen) atoms. The second-order valence-corrected chi connectivity index (χ2v) is 6.34. The van der Waals surface area contributed by atoms with Crippen LogP contribution in [0.15, 0.2) is 97.1 Å². The topological polar surface area (TPSA) is 64.8 Å². The maximum atomic E-state index is 13.2. The van der Waals surface area contributed by atoms with Crippen molar-refractivity contribution in [1.82, 2.24) is 15.0 Å². The Morgan fingerprint density at radius 2 is 1.28 bits per heavy atom. The van der Waals surface area contributed by atoms with Crippen LogP contribution >= 0.6 is 0 Å². The molecular formula is C24H17N3O2. The average Bonchev–Trinajstić information content (AvgIpc) is 3.22. The summed E-state index contributed by atoms with van der Waals surface area (Å²) in [6.45, 7) is 0. The summed E-state index contributed by atoms with van der Waals surface area (Å²) in [5, 5.41) is 8.32. The molecule has 0 unspecified atom stereocenters. The number of aromatic nitrogens is 3. The number of carbonyl (C=O) groups is 2. The van der Waals surface area contributed by atoms with E-state index in [1.54, 1.807) is 48.5 Å². The second kappa shape index (κ2) is 8.27. The monoisotopic (exact) mass is 379 g/mol. The molecule has 1 aromatic heterocycles. The van der Waals surface area contributed by atoms with Gasteiger partial charge in [0, 0.05) is 29.0 Å². The Kier molecular flexibility index (Phi) is 5.21. The van der Waals surface area contributed by atoms with Gasteiger partial charge in [0.25, 0.3) is 0 Å². The Hall–Kier alpha value is -4.12. The quantitative estimate of drug-likeness (QED) is 0.365. The van der Waals surface area contributed by atoms with E-state index in [9.17, 15) is 9.59 Å². The molecule has 0 radical (unpaired) electrons. The molecule has 0 fully saturated rings. The molecule has 3 aromatic carbocycles. The molecule has 0 aliphatic rings. The van der Waals surface area contributed by atoms with Crippen LogP contribution in [0.4, 0.5) is 0 Å². The van der Waals surface area contributed by atoms with Gasteiger partial charge in [-0.15, -0.1) is 5.10 Å². The lowest BCUT2D eigenvalue weighted by atomic mass is 10.0. The van der Waals surface area contributed by atoms with Gasteiger partial charge in [-0.3, -0.25) is 9.59 Å². The highest BCUT2D eigenvalue weighted by Gasteiger charge is 2.22. The first kappa shape index (κ1) is 18.3. The Labute approximate surface area is 167 Å². The summed E-state index contributed by atoms with van der Waals surface area (Å²) in [6.07, 6.45) is 2.87. The average molecular weight is 379 g/mol. The van der Waals surface area contributed by atoms with Crippen molar-refractivity contribution in [3.8, 4) is 11.3 Å². The van der Waals surface area contributed by atoms with E-state index in [1.807, 2.05) is 42.5 Å². The molecule has 0 aliphatic heterocycles. The highest BCUT2D eigenvalue weighted by molar-refractivity contribution is 6.12. The van der Waals surface area contributed by atoms with Crippen molar-refractivity contribution in [3.63, 3.8) is 0 Å². The third kappa shape index (κ3) is 3.94. The van der Waals surface area contributed by atoms with Crippen LogP contribution in [-0.4, -0.2) is 26.6 Å². The minimum Gasteiger partial charge on any atom is -0.289 e. The van der Waals surface area contributed by atoms with Crippen LogP contribution < -0.4 is 0 Å². The maximum absolute atomic E-state index is 13.2. The van der Waals surface area contributed by atoms with E-state index in [2.05, 4.69) is 10.3 Å². The summed E-state index contributed by atoms with van der Waals surface area (Å²) in [7, 11) is 0. The van der Waals surface area contributed by atoms with E-state index in [-0.39, 0.29) is 11.6 Å². The van der Waals surface area contributed by atoms with Gasteiger partial charge >= 0.3 is 0 Å². The molecule has 0 aliphatic carbocycles. The molecule has 0 atom stereocenters. The molecule has 0 bridgehead atoms. The number of carbonyl (C=O) groups excluding carboxylic acids is 2. The lowest BCUT2D eigenvalue weighted by Crippen LogP contribution is -2.09. The van der Waals surface area contributed by atoms with Crippen molar-refractivity contribution < 1.29 is 9.59 Å². The smallest absolute Gasteiger partial charge is 0.213 e. The molecule has 1 heterocycles. The highest BCUT2D eigenvalue weighted by Crippen LogP contribution is 2.23. The molecule has 0 spiro atoms. The van der Waals surface area contributed by atoms with Crippen LogP contribution in [0.25, 0.3) is 17.5 Å². The number of hydrogen-bond donors (Lipinski definition) is 0. The fourth-order valence-corrected chi connectivity index (χ4v) is 2.96. The van der Waals surface area contributed by atoms with E-state index in [0.29, 0.717) is 22.5 Å². The van der Waals surface area contributed by atoms with Gasteiger partial charge in [0.1, 0.15) is 11.4 Å². The number of nitrogens with zero attached hydrogens (tertiary/aromatic N) is 3. The van der Waals surface area contributed by atoms with E-state index in [4.69, 9.17) is 0 Å². The van der Waals surface area contributed by atoms with Crippen molar-refractivity contribution in [2.75, 3.05) is 0 Å². The SMILES string of the molecule is O=C(/C=C/n1nnc(-c2ccccc2)c1C(=O)c1ccccc1)c1ccccc1. The summed E-state index contributed by atoms with van der Waals surface area (Å²) in [5.41, 5.74) is 2.63. The molecular weight excluding hydrogens is 362 g/mol. The van der Waals surface area contributed by atoms with Crippen molar-refractivity contribution in [3.05, 3.63) is 114 Å². The molecule has 0 saturated carbocycles. The largest absolute Gasteiger partial charge is 0.289 e. The summed E-state index contributed by atoms with van der Waals surface area (Å²) in [5.74, 6) is -0.397. The van der Waals surface area contributed by atoms with Crippen LogP contribution in [0, 0.1) is 0 Å². The van der Waals surface area contributed by atoms with Crippen LogP contribution in [0.3, 0.4) is 0 Å². The van der Waals surface area contributed by atoms with E-state index in [0.717, 1.165) is 5.56 Å². The molecule has 4 rings (SSSR count). The highest BCUT2D eigenvalue weighted by atomic mass is 16.1. The van der Waals surface area contributed by atoms with Crippen molar-refractivity contribution in [2.24, 2.45) is 0 Å². The minimum absolute atomic E-state index is 0.180. The normalized spacial score (nSPS) is 10.9. The summed E-state index contributed by atoms with van der Waals surface area (Å²) >= 11 is 0. The number of ketones is 2. The summed E-state index contributed by atoms with van der Waals surface area (Å²) in [6, 6.07) is 27.2. The second-order valence-electron chi connectivity index (χ2n) is 6.34. The van der Waals surface area contributed by atoms with Gasteiger partial charge in [0.05, 0.1) is 0 Å². The first-order chi connectivity index (χ1) is 14.2. The zero-order chi connectivity index (χ0) is 20.1. The number of benzene rings is 3. The van der Waals surface area contributed by atoms with Crippen molar-refractivity contribution in [1.29, 1.82) is 0 Å². The molecule has 0 N–H and O–H groups in total. The number of allylic oxidation sites excluding steroid dienone is 1. The van der Waals surface area contributed by atoms with Gasteiger partial charge in [-0.05, 0) is 0 Å². The molecule has 5 nitrogen and oxygen atoms in total. The Morgan fingerprint density at radius 3 is 1.90 bits per heavy atom. The van der Waals surface area contributed by atoms with Crippen LogP contribution in [0.2, 0.25) is 0 Å². The van der Waals surface area contributed by atoms with Gasteiger partial charge in [0.2, 0.25) is 5.78 Å².